The number of para-hydroxylation sites is 3. The van der Waals surface area contributed by atoms with E-state index >= 15 is 0 Å². The van der Waals surface area contributed by atoms with Crippen LogP contribution in [0.3, 0.4) is 0 Å². The van der Waals surface area contributed by atoms with Crippen molar-refractivity contribution in [2.24, 2.45) is 0 Å². The van der Waals surface area contributed by atoms with Crippen molar-refractivity contribution in [3.63, 3.8) is 0 Å². The Bertz CT molecular complexity index is 3180. The molecular formula is C54H35NO. The molecule has 0 atom stereocenters. The Morgan fingerprint density at radius 3 is 1.50 bits per heavy atom. The summed E-state index contributed by atoms with van der Waals surface area (Å²) in [5.41, 5.74) is 12.2. The summed E-state index contributed by atoms with van der Waals surface area (Å²) in [6.45, 7) is 0. The zero-order chi connectivity index (χ0) is 37.0. The van der Waals surface area contributed by atoms with Gasteiger partial charge in [-0.1, -0.05) is 164 Å². The summed E-state index contributed by atoms with van der Waals surface area (Å²) in [5, 5.41) is 9.58. The Morgan fingerprint density at radius 1 is 0.321 bits per heavy atom. The summed E-state index contributed by atoms with van der Waals surface area (Å²) in [7, 11) is 0. The van der Waals surface area contributed by atoms with Crippen molar-refractivity contribution in [3.05, 3.63) is 212 Å². The number of anilines is 3. The number of nitrogens with zero attached hydrogens (tertiary/aromatic N) is 1. The van der Waals surface area contributed by atoms with Gasteiger partial charge >= 0.3 is 0 Å². The molecule has 11 rings (SSSR count). The van der Waals surface area contributed by atoms with E-state index in [1.807, 2.05) is 0 Å². The number of fused-ring (bicyclic) bond motifs is 8. The van der Waals surface area contributed by atoms with Gasteiger partial charge in [-0.2, -0.15) is 0 Å². The predicted molar refractivity (Wildman–Crippen MR) is 237 cm³/mol. The fourth-order valence-corrected chi connectivity index (χ4v) is 8.72. The van der Waals surface area contributed by atoms with Gasteiger partial charge < -0.3 is 9.32 Å². The lowest BCUT2D eigenvalue weighted by Gasteiger charge is -2.26. The number of hydrogen-bond donors (Lipinski definition) is 0. The van der Waals surface area contributed by atoms with Crippen LogP contribution in [0.1, 0.15) is 0 Å². The smallest absolute Gasteiger partial charge is 0.143 e. The molecule has 0 aliphatic rings. The lowest BCUT2D eigenvalue weighted by molar-refractivity contribution is 0.673. The molecule has 0 N–H and O–H groups in total. The highest BCUT2D eigenvalue weighted by molar-refractivity contribution is 6.27. The van der Waals surface area contributed by atoms with Gasteiger partial charge in [0.2, 0.25) is 0 Å². The molecular weight excluding hydrogens is 679 g/mol. The number of rotatable bonds is 6. The summed E-state index contributed by atoms with van der Waals surface area (Å²) in [5.74, 6) is 0. The zero-order valence-corrected chi connectivity index (χ0v) is 30.6. The average Bonchev–Trinajstić information content (AvgIpc) is 3.67. The zero-order valence-electron chi connectivity index (χ0n) is 30.6. The van der Waals surface area contributed by atoms with E-state index in [4.69, 9.17) is 4.42 Å². The van der Waals surface area contributed by atoms with Gasteiger partial charge in [-0.05, 0) is 103 Å². The molecule has 56 heavy (non-hydrogen) atoms. The number of furan rings is 1. The molecule has 0 saturated carbocycles. The minimum absolute atomic E-state index is 0.891. The first-order valence-electron chi connectivity index (χ1n) is 19.2. The Kier molecular flexibility index (Phi) is 7.53. The molecule has 0 bridgehead atoms. The molecule has 11 aromatic rings. The summed E-state index contributed by atoms with van der Waals surface area (Å²) < 4.78 is 6.74. The van der Waals surface area contributed by atoms with Crippen LogP contribution < -0.4 is 4.90 Å². The van der Waals surface area contributed by atoms with Crippen molar-refractivity contribution in [2.45, 2.75) is 0 Å². The number of benzene rings is 10. The van der Waals surface area contributed by atoms with Crippen LogP contribution in [0.15, 0.2) is 217 Å². The van der Waals surface area contributed by atoms with E-state index in [2.05, 4.69) is 217 Å². The van der Waals surface area contributed by atoms with Gasteiger partial charge in [-0.3, -0.25) is 0 Å². The van der Waals surface area contributed by atoms with Crippen LogP contribution in [0, 0.1) is 0 Å². The van der Waals surface area contributed by atoms with E-state index in [1.165, 1.54) is 43.8 Å². The maximum absolute atomic E-state index is 6.74. The van der Waals surface area contributed by atoms with Crippen LogP contribution in [0.25, 0.3) is 87.6 Å². The second-order valence-electron chi connectivity index (χ2n) is 14.4. The van der Waals surface area contributed by atoms with Crippen molar-refractivity contribution in [3.8, 4) is 33.4 Å². The van der Waals surface area contributed by atoms with Crippen LogP contribution in [-0.2, 0) is 0 Å². The lowest BCUT2D eigenvalue weighted by Crippen LogP contribution is -2.09. The molecule has 0 aliphatic heterocycles. The monoisotopic (exact) mass is 713 g/mol. The average molecular weight is 714 g/mol. The lowest BCUT2D eigenvalue weighted by atomic mass is 9.85. The van der Waals surface area contributed by atoms with Gasteiger partial charge in [0.1, 0.15) is 11.2 Å². The van der Waals surface area contributed by atoms with Gasteiger partial charge in [0.25, 0.3) is 0 Å². The SMILES string of the molecule is c1ccc(N(c2ccccc2)c2ccc(-c3c(-c4ccc(-c5cc6ccccc6c6ccccc56)cc4)c4c5ccccc5oc4c4ccccc34)cc2)cc1. The van der Waals surface area contributed by atoms with Crippen molar-refractivity contribution >= 4 is 71.3 Å². The Labute approximate surface area is 325 Å². The summed E-state index contributed by atoms with van der Waals surface area (Å²) >= 11 is 0. The predicted octanol–water partition coefficient (Wildman–Crippen LogP) is 15.5. The Balaban J connectivity index is 1.14. The third-order valence-corrected chi connectivity index (χ3v) is 11.2. The fraction of sp³-hybridized carbons (Fsp3) is 0. The fourth-order valence-electron chi connectivity index (χ4n) is 8.72. The highest BCUT2D eigenvalue weighted by Gasteiger charge is 2.23. The minimum atomic E-state index is 0.891. The molecule has 10 aromatic carbocycles. The van der Waals surface area contributed by atoms with Crippen LogP contribution in [0.5, 0.6) is 0 Å². The van der Waals surface area contributed by atoms with Crippen molar-refractivity contribution in [1.82, 2.24) is 0 Å². The van der Waals surface area contributed by atoms with Crippen LogP contribution in [0.4, 0.5) is 17.1 Å². The van der Waals surface area contributed by atoms with Crippen LogP contribution in [0.2, 0.25) is 0 Å². The van der Waals surface area contributed by atoms with E-state index in [-0.39, 0.29) is 0 Å². The van der Waals surface area contributed by atoms with E-state index in [0.717, 1.165) is 60.9 Å². The molecule has 0 aliphatic carbocycles. The van der Waals surface area contributed by atoms with Gasteiger partial charge in [0.05, 0.1) is 0 Å². The van der Waals surface area contributed by atoms with Gasteiger partial charge in [0.15, 0.2) is 0 Å². The Hall–Kier alpha value is -7.42. The first-order chi connectivity index (χ1) is 27.8. The van der Waals surface area contributed by atoms with Crippen molar-refractivity contribution in [2.75, 3.05) is 4.90 Å². The van der Waals surface area contributed by atoms with Crippen molar-refractivity contribution < 1.29 is 4.42 Å². The second kappa shape index (κ2) is 13.2. The van der Waals surface area contributed by atoms with E-state index in [1.54, 1.807) is 0 Å². The molecule has 262 valence electrons. The van der Waals surface area contributed by atoms with E-state index in [0.29, 0.717) is 0 Å². The second-order valence-corrected chi connectivity index (χ2v) is 14.4. The largest absolute Gasteiger partial charge is 0.455 e. The summed E-state index contributed by atoms with van der Waals surface area (Å²) in [6.07, 6.45) is 0. The maximum Gasteiger partial charge on any atom is 0.143 e. The quantitative estimate of drug-likeness (QED) is 0.160. The Morgan fingerprint density at radius 2 is 0.804 bits per heavy atom. The third-order valence-electron chi connectivity index (χ3n) is 11.2. The van der Waals surface area contributed by atoms with Gasteiger partial charge in [-0.25, -0.2) is 0 Å². The molecule has 1 heterocycles. The summed E-state index contributed by atoms with van der Waals surface area (Å²) in [4.78, 5) is 2.31. The molecule has 0 fully saturated rings. The van der Waals surface area contributed by atoms with E-state index < -0.39 is 0 Å². The molecule has 1 aromatic heterocycles. The normalized spacial score (nSPS) is 11.6. The van der Waals surface area contributed by atoms with E-state index in [9.17, 15) is 0 Å². The van der Waals surface area contributed by atoms with Gasteiger partial charge in [-0.15, -0.1) is 0 Å². The standard InChI is InChI=1S/C54H35NO/c1-3-16-40(17-4-1)55(41-18-5-2-6-19-41)42-33-31-37(32-34-42)51-46-23-11-12-24-47(46)54-53(48-25-13-14-26-50(48)56-54)52(51)38-29-27-36(28-30-38)49-35-39-15-7-8-20-43(39)44-21-9-10-22-45(44)49/h1-35H. The molecule has 0 spiro atoms. The molecule has 0 saturated heterocycles. The maximum atomic E-state index is 6.74. The van der Waals surface area contributed by atoms with Crippen molar-refractivity contribution in [1.29, 1.82) is 0 Å². The highest BCUT2D eigenvalue weighted by Crippen LogP contribution is 2.49. The molecule has 0 radical (unpaired) electrons. The first kappa shape index (κ1) is 32.0. The first-order valence-corrected chi connectivity index (χ1v) is 19.2. The molecule has 2 heteroatoms. The molecule has 2 nitrogen and oxygen atoms in total. The van der Waals surface area contributed by atoms with Crippen LogP contribution in [-0.4, -0.2) is 0 Å². The molecule has 0 unspecified atom stereocenters. The summed E-state index contributed by atoms with van der Waals surface area (Å²) in [6, 6.07) is 76.3. The number of hydrogen-bond acceptors (Lipinski definition) is 2. The van der Waals surface area contributed by atoms with Gasteiger partial charge in [0, 0.05) is 38.8 Å². The minimum Gasteiger partial charge on any atom is -0.455 e. The third kappa shape index (κ3) is 5.19. The molecule has 0 amide bonds. The van der Waals surface area contributed by atoms with Crippen LogP contribution >= 0.6 is 0 Å². The highest BCUT2D eigenvalue weighted by atomic mass is 16.3. The topological polar surface area (TPSA) is 16.4 Å².